The second kappa shape index (κ2) is 12.5. The number of anilines is 5. The second-order valence-electron chi connectivity index (χ2n) is 13.9. The summed E-state index contributed by atoms with van der Waals surface area (Å²) in [5.74, 6) is 0. The molecule has 2 heteroatoms. The van der Waals surface area contributed by atoms with Crippen LogP contribution < -0.4 is 10.2 Å². The predicted octanol–water partition coefficient (Wildman–Crippen LogP) is 13.7. The highest BCUT2D eigenvalue weighted by Crippen LogP contribution is 2.49. The molecule has 8 aromatic carbocycles. The molecule has 0 atom stereocenters. The minimum atomic E-state index is -0.0345. The Bertz CT molecular complexity index is 2490. The van der Waals surface area contributed by atoms with Crippen molar-refractivity contribution in [3.63, 3.8) is 0 Å². The van der Waals surface area contributed by atoms with Crippen molar-refractivity contribution >= 4 is 39.2 Å². The molecule has 0 amide bonds. The molecule has 244 valence electrons. The summed E-state index contributed by atoms with van der Waals surface area (Å²) in [6, 6.07) is 67.9. The van der Waals surface area contributed by atoms with Crippen molar-refractivity contribution in [2.45, 2.75) is 19.3 Å². The first-order chi connectivity index (χ1) is 25.0. The monoisotopic (exact) mass is 654 g/mol. The summed E-state index contributed by atoms with van der Waals surface area (Å²) < 4.78 is 0. The number of fused-ring (bicyclic) bond motifs is 4. The van der Waals surface area contributed by atoms with Gasteiger partial charge >= 0.3 is 0 Å². The Balaban J connectivity index is 1.04. The Kier molecular flexibility index (Phi) is 7.51. The molecule has 2 nitrogen and oxygen atoms in total. The molecular formula is C49H38N2. The van der Waals surface area contributed by atoms with Crippen LogP contribution in [0, 0.1) is 0 Å². The van der Waals surface area contributed by atoms with Crippen LogP contribution in [0.1, 0.15) is 25.0 Å². The van der Waals surface area contributed by atoms with Crippen molar-refractivity contribution in [1.82, 2.24) is 0 Å². The van der Waals surface area contributed by atoms with E-state index in [9.17, 15) is 0 Å². The van der Waals surface area contributed by atoms with E-state index in [1.54, 1.807) is 0 Å². The lowest BCUT2D eigenvalue weighted by Gasteiger charge is -2.26. The molecule has 51 heavy (non-hydrogen) atoms. The number of hydrogen-bond acceptors (Lipinski definition) is 2. The third kappa shape index (κ3) is 5.56. The fourth-order valence-electron chi connectivity index (χ4n) is 7.79. The third-order valence-electron chi connectivity index (χ3n) is 10.5. The molecule has 0 aromatic heterocycles. The lowest BCUT2D eigenvalue weighted by Crippen LogP contribution is -2.15. The first-order valence-corrected chi connectivity index (χ1v) is 17.7. The lowest BCUT2D eigenvalue weighted by atomic mass is 9.82. The summed E-state index contributed by atoms with van der Waals surface area (Å²) in [5, 5.41) is 6.21. The molecule has 0 fully saturated rings. The fourth-order valence-corrected chi connectivity index (χ4v) is 7.79. The molecule has 1 N–H and O–H groups in total. The summed E-state index contributed by atoms with van der Waals surface area (Å²) in [4.78, 5) is 2.33. The number of nitrogens with zero attached hydrogens (tertiary/aromatic N) is 1. The molecular weight excluding hydrogens is 617 g/mol. The van der Waals surface area contributed by atoms with Gasteiger partial charge in [0.05, 0.1) is 0 Å². The van der Waals surface area contributed by atoms with E-state index in [1.807, 2.05) is 0 Å². The van der Waals surface area contributed by atoms with Gasteiger partial charge in [0.15, 0.2) is 0 Å². The summed E-state index contributed by atoms with van der Waals surface area (Å²) in [6.07, 6.45) is 0. The molecule has 0 unspecified atom stereocenters. The van der Waals surface area contributed by atoms with Gasteiger partial charge in [-0.15, -0.1) is 0 Å². The number of hydrogen-bond donors (Lipinski definition) is 1. The highest BCUT2D eigenvalue weighted by molar-refractivity contribution is 5.97. The van der Waals surface area contributed by atoms with E-state index in [0.29, 0.717) is 0 Å². The van der Waals surface area contributed by atoms with Crippen molar-refractivity contribution in [2.24, 2.45) is 0 Å². The Hall–Kier alpha value is -6.38. The standard InChI is InChI=1S/C49H38N2/c1-49(2)47-18-9-8-16-45(47)46-32-25-39(33-48(46)49)50-38-23-30-42(31-24-38)51(40-26-19-35(20-27-40)34-11-4-3-5-12-34)41-28-21-37(22-29-41)44-17-10-14-36-13-6-7-15-43(36)44/h3-33,50H,1-2H3. The molecule has 0 radical (unpaired) electrons. The molecule has 0 saturated carbocycles. The average molecular weight is 655 g/mol. The smallest absolute Gasteiger partial charge is 0.0463 e. The van der Waals surface area contributed by atoms with E-state index in [4.69, 9.17) is 0 Å². The largest absolute Gasteiger partial charge is 0.356 e. The average Bonchev–Trinajstić information content (AvgIpc) is 3.42. The summed E-state index contributed by atoms with van der Waals surface area (Å²) in [5.41, 5.74) is 15.7. The van der Waals surface area contributed by atoms with Gasteiger partial charge in [0, 0.05) is 33.9 Å². The van der Waals surface area contributed by atoms with E-state index in [0.717, 1.165) is 28.4 Å². The van der Waals surface area contributed by atoms with E-state index in [1.165, 1.54) is 55.3 Å². The minimum absolute atomic E-state index is 0.0345. The number of nitrogens with one attached hydrogen (secondary N) is 1. The molecule has 0 heterocycles. The SMILES string of the molecule is CC1(C)c2ccccc2-c2ccc(Nc3ccc(N(c4ccc(-c5ccccc5)cc4)c4ccc(-c5cccc6ccccc56)cc4)cc3)cc21. The van der Waals surface area contributed by atoms with Crippen LogP contribution in [0.4, 0.5) is 28.4 Å². The van der Waals surface area contributed by atoms with Crippen LogP contribution in [0.25, 0.3) is 44.2 Å². The van der Waals surface area contributed by atoms with Crippen molar-refractivity contribution in [3.8, 4) is 33.4 Å². The highest BCUT2D eigenvalue weighted by Gasteiger charge is 2.35. The van der Waals surface area contributed by atoms with Gasteiger partial charge in [-0.2, -0.15) is 0 Å². The zero-order valence-corrected chi connectivity index (χ0v) is 28.8. The number of benzene rings is 8. The van der Waals surface area contributed by atoms with Gasteiger partial charge < -0.3 is 10.2 Å². The summed E-state index contributed by atoms with van der Waals surface area (Å²) in [6.45, 7) is 4.65. The van der Waals surface area contributed by atoms with Crippen LogP contribution in [0.15, 0.2) is 188 Å². The molecule has 0 bridgehead atoms. The second-order valence-corrected chi connectivity index (χ2v) is 13.9. The Morgan fingerprint density at radius 3 is 1.67 bits per heavy atom. The summed E-state index contributed by atoms with van der Waals surface area (Å²) in [7, 11) is 0. The molecule has 1 aliphatic rings. The normalized spacial score (nSPS) is 12.7. The van der Waals surface area contributed by atoms with Gasteiger partial charge in [-0.25, -0.2) is 0 Å². The van der Waals surface area contributed by atoms with Gasteiger partial charge in [-0.05, 0) is 116 Å². The van der Waals surface area contributed by atoms with Crippen molar-refractivity contribution in [2.75, 3.05) is 10.2 Å². The molecule has 0 aliphatic heterocycles. The van der Waals surface area contributed by atoms with Crippen LogP contribution in [0.3, 0.4) is 0 Å². The van der Waals surface area contributed by atoms with Gasteiger partial charge in [-0.3, -0.25) is 0 Å². The Labute approximate surface area is 300 Å². The maximum Gasteiger partial charge on any atom is 0.0463 e. The Morgan fingerprint density at radius 2 is 0.922 bits per heavy atom. The zero-order chi connectivity index (χ0) is 34.4. The minimum Gasteiger partial charge on any atom is -0.356 e. The molecule has 0 spiro atoms. The van der Waals surface area contributed by atoms with E-state index < -0.39 is 0 Å². The van der Waals surface area contributed by atoms with Crippen molar-refractivity contribution in [1.29, 1.82) is 0 Å². The van der Waals surface area contributed by atoms with Crippen LogP contribution in [0.5, 0.6) is 0 Å². The van der Waals surface area contributed by atoms with Gasteiger partial charge in [0.1, 0.15) is 0 Å². The van der Waals surface area contributed by atoms with Crippen LogP contribution in [-0.2, 0) is 5.41 Å². The zero-order valence-electron chi connectivity index (χ0n) is 28.8. The fraction of sp³-hybridized carbons (Fsp3) is 0.0612. The van der Waals surface area contributed by atoms with Crippen molar-refractivity contribution < 1.29 is 0 Å². The topological polar surface area (TPSA) is 15.3 Å². The van der Waals surface area contributed by atoms with Crippen LogP contribution in [-0.4, -0.2) is 0 Å². The molecule has 0 saturated heterocycles. The number of rotatable bonds is 7. The van der Waals surface area contributed by atoms with Crippen LogP contribution >= 0.6 is 0 Å². The van der Waals surface area contributed by atoms with Gasteiger partial charge in [-0.1, -0.05) is 141 Å². The Morgan fingerprint density at radius 1 is 0.392 bits per heavy atom. The third-order valence-corrected chi connectivity index (χ3v) is 10.5. The highest BCUT2D eigenvalue weighted by atomic mass is 15.1. The molecule has 9 rings (SSSR count). The molecule has 1 aliphatic carbocycles. The van der Waals surface area contributed by atoms with E-state index >= 15 is 0 Å². The quantitative estimate of drug-likeness (QED) is 0.184. The van der Waals surface area contributed by atoms with E-state index in [2.05, 4.69) is 212 Å². The first-order valence-electron chi connectivity index (χ1n) is 17.7. The lowest BCUT2D eigenvalue weighted by molar-refractivity contribution is 0.660. The van der Waals surface area contributed by atoms with Gasteiger partial charge in [0.25, 0.3) is 0 Å². The van der Waals surface area contributed by atoms with Crippen molar-refractivity contribution in [3.05, 3.63) is 199 Å². The van der Waals surface area contributed by atoms with Crippen LogP contribution in [0.2, 0.25) is 0 Å². The predicted molar refractivity (Wildman–Crippen MR) is 217 cm³/mol. The molecule has 8 aromatic rings. The maximum absolute atomic E-state index is 3.69. The summed E-state index contributed by atoms with van der Waals surface area (Å²) >= 11 is 0. The maximum atomic E-state index is 3.69. The first kappa shape index (κ1) is 30.7. The van der Waals surface area contributed by atoms with Gasteiger partial charge in [0.2, 0.25) is 0 Å². The van der Waals surface area contributed by atoms with E-state index in [-0.39, 0.29) is 5.41 Å².